The summed E-state index contributed by atoms with van der Waals surface area (Å²) >= 11 is 0. The molecule has 0 amide bonds. The molecule has 0 bridgehead atoms. The summed E-state index contributed by atoms with van der Waals surface area (Å²) in [6.07, 6.45) is -4.31. The Bertz CT molecular complexity index is 1320. The third-order valence-electron chi connectivity index (χ3n) is 6.33. The van der Waals surface area contributed by atoms with Crippen LogP contribution in [0.25, 0.3) is 11.1 Å². The molecule has 4 rings (SSSR count). The lowest BCUT2D eigenvalue weighted by molar-refractivity contribution is -0.0966. The summed E-state index contributed by atoms with van der Waals surface area (Å²) in [5.41, 5.74) is 8.32. The maximum absolute atomic E-state index is 14.7. The first-order valence-electron chi connectivity index (χ1n) is 10.9. The molecule has 3 aromatic rings. The van der Waals surface area contributed by atoms with Gasteiger partial charge in [-0.3, -0.25) is 0 Å². The van der Waals surface area contributed by atoms with Gasteiger partial charge in [0.05, 0.1) is 11.6 Å². The highest BCUT2D eigenvalue weighted by atomic mass is 19.3. The van der Waals surface area contributed by atoms with E-state index in [4.69, 9.17) is 5.73 Å². The van der Waals surface area contributed by atoms with E-state index in [1.54, 1.807) is 38.1 Å². The van der Waals surface area contributed by atoms with Gasteiger partial charge in [0.2, 0.25) is 0 Å². The van der Waals surface area contributed by atoms with Crippen LogP contribution in [0, 0.1) is 24.1 Å². The molecule has 0 radical (unpaired) electrons. The van der Waals surface area contributed by atoms with Gasteiger partial charge in [0, 0.05) is 17.7 Å². The van der Waals surface area contributed by atoms with Crippen LogP contribution in [0.4, 0.5) is 23.4 Å². The van der Waals surface area contributed by atoms with Gasteiger partial charge in [-0.1, -0.05) is 19.1 Å². The molecule has 0 fully saturated rings. The number of benzene rings is 2. The second-order valence-corrected chi connectivity index (χ2v) is 8.58. The first kappa shape index (κ1) is 23.7. The number of pyridine rings is 1. The number of nitrogen functional groups attached to an aromatic ring is 1. The van der Waals surface area contributed by atoms with E-state index in [9.17, 15) is 27.9 Å². The normalized spacial score (nSPS) is 17.3. The molecular formula is C26H23F4N3O. The summed E-state index contributed by atoms with van der Waals surface area (Å²) in [6.45, 7) is 3.34. The van der Waals surface area contributed by atoms with Gasteiger partial charge in [-0.25, -0.2) is 22.5 Å². The monoisotopic (exact) mass is 469 g/mol. The Kier molecular flexibility index (Phi) is 6.09. The zero-order valence-electron chi connectivity index (χ0n) is 18.7. The highest BCUT2D eigenvalue weighted by molar-refractivity contribution is 5.79. The summed E-state index contributed by atoms with van der Waals surface area (Å²) in [4.78, 5) is 4.19. The Balaban J connectivity index is 1.91. The zero-order chi connectivity index (χ0) is 24.8. The quantitative estimate of drug-likeness (QED) is 0.457. The molecule has 8 heteroatoms. The first-order chi connectivity index (χ1) is 16.1. The summed E-state index contributed by atoms with van der Waals surface area (Å²) in [5.74, 6) is -4.01. The second-order valence-electron chi connectivity index (χ2n) is 8.58. The maximum Gasteiger partial charge on any atom is 0.281 e. The first-order valence-corrected chi connectivity index (χ1v) is 10.9. The Morgan fingerprint density at radius 1 is 1.24 bits per heavy atom. The smallest absolute Gasteiger partial charge is 0.281 e. The Hall–Kier alpha value is -3.44. The van der Waals surface area contributed by atoms with E-state index in [0.717, 1.165) is 12.1 Å². The molecule has 2 atom stereocenters. The van der Waals surface area contributed by atoms with Crippen molar-refractivity contribution in [2.45, 2.75) is 51.3 Å². The number of fused-ring (bicyclic) bond motifs is 1. The number of nitrogens with two attached hydrogens (primary N) is 1. The van der Waals surface area contributed by atoms with Gasteiger partial charge in [-0.2, -0.15) is 5.26 Å². The van der Waals surface area contributed by atoms with Crippen molar-refractivity contribution in [3.05, 3.63) is 81.3 Å². The van der Waals surface area contributed by atoms with Gasteiger partial charge in [-0.15, -0.1) is 0 Å². The number of aliphatic hydroxyl groups excluding tert-OH is 1. The standard InChI is InChI=1S/C26H23F4N3O/c1-3-22(28)20-10-16(27)8-15(12-31)19(20)9-14-5-7-17(18-6-4-13(2)33-25(18)32)23-21(14)11-26(29,30)24(23)34/h4-8,10,22,24,34H,3,9,11H2,1-2H3,(H2,32,33). The summed E-state index contributed by atoms with van der Waals surface area (Å²) < 4.78 is 58.2. The second kappa shape index (κ2) is 8.73. The van der Waals surface area contributed by atoms with Crippen molar-refractivity contribution in [1.82, 2.24) is 4.98 Å². The van der Waals surface area contributed by atoms with Crippen molar-refractivity contribution in [3.63, 3.8) is 0 Å². The van der Waals surface area contributed by atoms with E-state index < -0.39 is 30.4 Å². The van der Waals surface area contributed by atoms with Crippen molar-refractivity contribution >= 4 is 5.82 Å². The molecule has 2 aromatic carbocycles. The number of nitrogens with zero attached hydrogens (tertiary/aromatic N) is 2. The zero-order valence-corrected chi connectivity index (χ0v) is 18.7. The minimum atomic E-state index is -3.42. The minimum absolute atomic E-state index is 0.0224. The molecule has 0 spiro atoms. The van der Waals surface area contributed by atoms with Gasteiger partial charge >= 0.3 is 0 Å². The predicted octanol–water partition coefficient (Wildman–Crippen LogP) is 5.89. The number of aliphatic hydroxyl groups is 1. The van der Waals surface area contributed by atoms with E-state index in [1.165, 1.54) is 0 Å². The fourth-order valence-electron chi connectivity index (χ4n) is 4.62. The minimum Gasteiger partial charge on any atom is -0.383 e. The van der Waals surface area contributed by atoms with E-state index in [2.05, 4.69) is 4.98 Å². The summed E-state index contributed by atoms with van der Waals surface area (Å²) in [5, 5.41) is 20.1. The molecule has 176 valence electrons. The number of nitriles is 1. The SMILES string of the molecule is CCC(F)c1cc(F)cc(C#N)c1Cc1ccc(-c2ccc(C)nc2N)c2c1CC(F)(F)C2O. The number of aromatic nitrogens is 1. The van der Waals surface area contributed by atoms with Crippen LogP contribution in [0.5, 0.6) is 0 Å². The van der Waals surface area contributed by atoms with Crippen LogP contribution in [0.3, 0.4) is 0 Å². The molecule has 3 N–H and O–H groups in total. The highest BCUT2D eigenvalue weighted by Gasteiger charge is 2.49. The van der Waals surface area contributed by atoms with Crippen LogP contribution in [-0.4, -0.2) is 16.0 Å². The molecule has 0 aliphatic heterocycles. The van der Waals surface area contributed by atoms with Crippen LogP contribution < -0.4 is 5.73 Å². The van der Waals surface area contributed by atoms with E-state index in [0.29, 0.717) is 22.4 Å². The third kappa shape index (κ3) is 4.01. The Morgan fingerprint density at radius 2 is 1.94 bits per heavy atom. The van der Waals surface area contributed by atoms with E-state index in [-0.39, 0.29) is 46.5 Å². The van der Waals surface area contributed by atoms with Crippen molar-refractivity contribution < 1.29 is 22.7 Å². The van der Waals surface area contributed by atoms with Gasteiger partial charge in [0.25, 0.3) is 5.92 Å². The molecule has 1 aliphatic carbocycles. The predicted molar refractivity (Wildman–Crippen MR) is 120 cm³/mol. The number of alkyl halides is 3. The fourth-order valence-corrected chi connectivity index (χ4v) is 4.62. The highest BCUT2D eigenvalue weighted by Crippen LogP contribution is 2.49. The number of aryl methyl sites for hydroxylation is 1. The number of halogens is 4. The van der Waals surface area contributed by atoms with Crippen molar-refractivity contribution in [2.24, 2.45) is 0 Å². The lowest BCUT2D eigenvalue weighted by atomic mass is 9.87. The molecule has 4 nitrogen and oxygen atoms in total. The fraction of sp³-hybridized carbons (Fsp3) is 0.308. The summed E-state index contributed by atoms with van der Waals surface area (Å²) in [7, 11) is 0. The van der Waals surface area contributed by atoms with Gasteiger partial charge in [-0.05, 0) is 77.4 Å². The lowest BCUT2D eigenvalue weighted by Gasteiger charge is -2.19. The maximum atomic E-state index is 14.7. The molecule has 0 saturated carbocycles. The number of hydrogen-bond donors (Lipinski definition) is 2. The molecular weight excluding hydrogens is 446 g/mol. The van der Waals surface area contributed by atoms with Gasteiger partial charge < -0.3 is 10.8 Å². The number of rotatable bonds is 5. The third-order valence-corrected chi connectivity index (χ3v) is 6.33. The van der Waals surface area contributed by atoms with E-state index in [1.807, 2.05) is 6.07 Å². The van der Waals surface area contributed by atoms with Crippen LogP contribution in [0.1, 0.15) is 64.7 Å². The molecule has 34 heavy (non-hydrogen) atoms. The van der Waals surface area contributed by atoms with Gasteiger partial charge in [0.1, 0.15) is 23.9 Å². The van der Waals surface area contributed by atoms with Crippen molar-refractivity contribution in [1.29, 1.82) is 5.26 Å². The largest absolute Gasteiger partial charge is 0.383 e. The average molecular weight is 469 g/mol. The molecule has 1 aromatic heterocycles. The van der Waals surface area contributed by atoms with Crippen molar-refractivity contribution in [3.8, 4) is 17.2 Å². The van der Waals surface area contributed by atoms with Crippen LogP contribution in [0.15, 0.2) is 36.4 Å². The molecule has 2 unspecified atom stereocenters. The van der Waals surface area contributed by atoms with Crippen molar-refractivity contribution in [2.75, 3.05) is 5.73 Å². The van der Waals surface area contributed by atoms with Crippen LogP contribution in [0.2, 0.25) is 0 Å². The van der Waals surface area contributed by atoms with Crippen LogP contribution >= 0.6 is 0 Å². The van der Waals surface area contributed by atoms with Crippen LogP contribution in [-0.2, 0) is 12.8 Å². The number of hydrogen-bond acceptors (Lipinski definition) is 4. The average Bonchev–Trinajstić information content (AvgIpc) is 3.04. The molecule has 0 saturated heterocycles. The summed E-state index contributed by atoms with van der Waals surface area (Å²) in [6, 6.07) is 10.5. The Morgan fingerprint density at radius 3 is 2.59 bits per heavy atom. The topological polar surface area (TPSA) is 82.9 Å². The number of anilines is 1. The molecule has 1 heterocycles. The Labute approximate surface area is 194 Å². The van der Waals surface area contributed by atoms with Gasteiger partial charge in [0.15, 0.2) is 0 Å². The molecule has 1 aliphatic rings. The van der Waals surface area contributed by atoms with E-state index >= 15 is 0 Å². The lowest BCUT2D eigenvalue weighted by Crippen LogP contribution is -2.21.